The molecule has 3 nitrogen and oxygen atoms in total. The highest BCUT2D eigenvalue weighted by Crippen LogP contribution is 2.21. The third-order valence-corrected chi connectivity index (χ3v) is 2.94. The fraction of sp³-hybridized carbons (Fsp3) is 0.286. The van der Waals surface area contributed by atoms with Gasteiger partial charge >= 0.3 is 0 Å². The van der Waals surface area contributed by atoms with Gasteiger partial charge in [-0.2, -0.15) is 0 Å². The summed E-state index contributed by atoms with van der Waals surface area (Å²) in [6.07, 6.45) is 5.42. The molecule has 0 aliphatic carbocycles. The third kappa shape index (κ3) is 2.44. The van der Waals surface area contributed by atoms with Crippen molar-refractivity contribution in [1.82, 2.24) is 9.97 Å². The Balaban J connectivity index is 2.42. The average Bonchev–Trinajstić information content (AvgIpc) is 2.39. The number of nitrogen functional groups attached to an aromatic ring is 1. The van der Waals surface area contributed by atoms with Crippen molar-refractivity contribution in [2.45, 2.75) is 26.7 Å². The number of nitrogens with zero attached hydrogens (tertiary/aromatic N) is 2. The summed E-state index contributed by atoms with van der Waals surface area (Å²) in [6.45, 7) is 4.35. The molecule has 0 saturated carbocycles. The summed E-state index contributed by atoms with van der Waals surface area (Å²) in [6, 6.07) is 6.46. The molecule has 1 heterocycles. The zero-order chi connectivity index (χ0) is 12.3. The minimum Gasteiger partial charge on any atom is -0.382 e. The molecule has 0 atom stereocenters. The molecule has 1 aromatic carbocycles. The average molecular weight is 227 g/mol. The molecule has 0 aliphatic heterocycles. The number of aromatic nitrogens is 2. The maximum absolute atomic E-state index is 5.53. The fourth-order valence-electron chi connectivity index (χ4n) is 1.95. The van der Waals surface area contributed by atoms with Gasteiger partial charge in [0.25, 0.3) is 0 Å². The molecule has 2 rings (SSSR count). The van der Waals surface area contributed by atoms with E-state index in [-0.39, 0.29) is 0 Å². The van der Waals surface area contributed by atoms with E-state index >= 15 is 0 Å². The van der Waals surface area contributed by atoms with Crippen molar-refractivity contribution in [1.29, 1.82) is 0 Å². The van der Waals surface area contributed by atoms with Crippen LogP contribution in [0.3, 0.4) is 0 Å². The van der Waals surface area contributed by atoms with Crippen molar-refractivity contribution in [3.05, 3.63) is 41.7 Å². The lowest BCUT2D eigenvalue weighted by Gasteiger charge is -2.08. The largest absolute Gasteiger partial charge is 0.382 e. The van der Waals surface area contributed by atoms with E-state index < -0.39 is 0 Å². The Morgan fingerprint density at radius 3 is 2.35 bits per heavy atom. The number of hydrogen-bond acceptors (Lipinski definition) is 3. The molecule has 88 valence electrons. The molecule has 0 fully saturated rings. The van der Waals surface area contributed by atoms with E-state index in [1.807, 2.05) is 0 Å². The molecule has 17 heavy (non-hydrogen) atoms. The van der Waals surface area contributed by atoms with Crippen LogP contribution in [0.25, 0.3) is 11.3 Å². The van der Waals surface area contributed by atoms with Crippen LogP contribution in [0.5, 0.6) is 0 Å². The zero-order valence-corrected chi connectivity index (χ0v) is 10.3. The van der Waals surface area contributed by atoms with Gasteiger partial charge in [0, 0.05) is 5.56 Å². The molecule has 0 aliphatic rings. The molecule has 0 unspecified atom stereocenters. The lowest BCUT2D eigenvalue weighted by atomic mass is 9.99. The van der Waals surface area contributed by atoms with Gasteiger partial charge in [-0.1, -0.05) is 26.0 Å². The lowest BCUT2D eigenvalue weighted by molar-refractivity contribution is 1.04. The smallest absolute Gasteiger partial charge is 0.141 e. The molecule has 0 saturated heterocycles. The molecule has 0 amide bonds. The second kappa shape index (κ2) is 4.95. The summed E-state index contributed by atoms with van der Waals surface area (Å²) >= 11 is 0. The maximum Gasteiger partial charge on any atom is 0.141 e. The minimum absolute atomic E-state index is 0.453. The van der Waals surface area contributed by atoms with Crippen LogP contribution in [0.2, 0.25) is 0 Å². The Labute approximate surface area is 102 Å². The van der Waals surface area contributed by atoms with E-state index in [9.17, 15) is 0 Å². The second-order valence-electron chi connectivity index (χ2n) is 4.02. The monoisotopic (exact) mass is 227 g/mol. The van der Waals surface area contributed by atoms with E-state index in [0.717, 1.165) is 24.1 Å². The Kier molecular flexibility index (Phi) is 3.38. The van der Waals surface area contributed by atoms with Crippen molar-refractivity contribution in [3.8, 4) is 11.3 Å². The number of hydrogen-bond donors (Lipinski definition) is 1. The Bertz CT molecular complexity index is 503. The Hall–Kier alpha value is -1.90. The van der Waals surface area contributed by atoms with Crippen LogP contribution >= 0.6 is 0 Å². The summed E-state index contributed by atoms with van der Waals surface area (Å²) in [5.41, 5.74) is 10.3. The normalized spacial score (nSPS) is 10.5. The Morgan fingerprint density at radius 2 is 1.76 bits per heavy atom. The van der Waals surface area contributed by atoms with Crippen LogP contribution in [0.15, 0.2) is 30.6 Å². The molecule has 0 radical (unpaired) electrons. The van der Waals surface area contributed by atoms with Crippen LogP contribution in [-0.2, 0) is 12.8 Å². The number of anilines is 1. The topological polar surface area (TPSA) is 51.8 Å². The number of nitrogens with two attached hydrogens (primary N) is 1. The summed E-state index contributed by atoms with van der Waals surface area (Å²) in [5.74, 6) is 0.453. The van der Waals surface area contributed by atoms with Gasteiger partial charge in [-0.15, -0.1) is 0 Å². The van der Waals surface area contributed by atoms with Gasteiger partial charge in [-0.3, -0.25) is 4.98 Å². The van der Waals surface area contributed by atoms with Crippen molar-refractivity contribution in [2.24, 2.45) is 0 Å². The van der Waals surface area contributed by atoms with Gasteiger partial charge in [-0.05, 0) is 30.0 Å². The van der Waals surface area contributed by atoms with Gasteiger partial charge in [-0.25, -0.2) is 4.98 Å². The van der Waals surface area contributed by atoms with E-state index in [1.165, 1.54) is 11.1 Å². The minimum atomic E-state index is 0.453. The van der Waals surface area contributed by atoms with Gasteiger partial charge in [0.15, 0.2) is 0 Å². The first-order valence-electron chi connectivity index (χ1n) is 5.94. The number of rotatable bonds is 3. The third-order valence-electron chi connectivity index (χ3n) is 2.94. The zero-order valence-electron chi connectivity index (χ0n) is 10.3. The molecular weight excluding hydrogens is 210 g/mol. The van der Waals surface area contributed by atoms with Crippen LogP contribution in [0.4, 0.5) is 5.82 Å². The van der Waals surface area contributed by atoms with Crippen LogP contribution in [0.1, 0.15) is 25.0 Å². The maximum atomic E-state index is 5.53. The summed E-state index contributed by atoms with van der Waals surface area (Å²) in [7, 11) is 0. The molecule has 2 aromatic rings. The number of aryl methyl sites for hydroxylation is 2. The van der Waals surface area contributed by atoms with Crippen LogP contribution in [0, 0.1) is 0 Å². The highest BCUT2D eigenvalue weighted by atomic mass is 14.9. The molecular formula is C14H17N3. The van der Waals surface area contributed by atoms with Gasteiger partial charge in [0.05, 0.1) is 18.1 Å². The Morgan fingerprint density at radius 1 is 1.00 bits per heavy atom. The second-order valence-corrected chi connectivity index (χ2v) is 4.02. The van der Waals surface area contributed by atoms with Crippen molar-refractivity contribution in [3.63, 3.8) is 0 Å². The molecule has 2 N–H and O–H groups in total. The van der Waals surface area contributed by atoms with Crippen LogP contribution < -0.4 is 5.73 Å². The van der Waals surface area contributed by atoms with Gasteiger partial charge in [0.2, 0.25) is 0 Å². The summed E-state index contributed by atoms with van der Waals surface area (Å²) < 4.78 is 0. The fourth-order valence-corrected chi connectivity index (χ4v) is 1.95. The first kappa shape index (κ1) is 11.6. The predicted molar refractivity (Wildman–Crippen MR) is 70.6 cm³/mol. The van der Waals surface area contributed by atoms with E-state index in [4.69, 9.17) is 5.73 Å². The first-order chi connectivity index (χ1) is 8.24. The van der Waals surface area contributed by atoms with Gasteiger partial charge < -0.3 is 5.73 Å². The van der Waals surface area contributed by atoms with Crippen molar-refractivity contribution >= 4 is 5.82 Å². The molecule has 1 aromatic heterocycles. The SMILES string of the molecule is CCc1ccc(-c2cnc(N)cn2)cc1CC. The highest BCUT2D eigenvalue weighted by Gasteiger charge is 2.04. The highest BCUT2D eigenvalue weighted by molar-refractivity contribution is 5.60. The lowest BCUT2D eigenvalue weighted by Crippen LogP contribution is -1.95. The van der Waals surface area contributed by atoms with Crippen molar-refractivity contribution < 1.29 is 0 Å². The molecule has 0 spiro atoms. The van der Waals surface area contributed by atoms with Crippen molar-refractivity contribution in [2.75, 3.05) is 5.73 Å². The summed E-state index contributed by atoms with van der Waals surface area (Å²) in [5, 5.41) is 0. The van der Waals surface area contributed by atoms with E-state index in [1.54, 1.807) is 12.4 Å². The van der Waals surface area contributed by atoms with E-state index in [2.05, 4.69) is 42.0 Å². The van der Waals surface area contributed by atoms with E-state index in [0.29, 0.717) is 5.82 Å². The van der Waals surface area contributed by atoms with Crippen LogP contribution in [-0.4, -0.2) is 9.97 Å². The first-order valence-corrected chi connectivity index (χ1v) is 5.94. The summed E-state index contributed by atoms with van der Waals surface area (Å²) in [4.78, 5) is 8.36. The molecule has 3 heteroatoms. The standard InChI is InChI=1S/C14H17N3/c1-3-10-5-6-12(7-11(10)4-2)13-8-17-14(15)9-16-13/h5-9H,3-4H2,1-2H3,(H2,15,17). The predicted octanol–water partition coefficient (Wildman–Crippen LogP) is 2.85. The molecule has 0 bridgehead atoms. The van der Waals surface area contributed by atoms with Gasteiger partial charge in [0.1, 0.15) is 5.82 Å². The quantitative estimate of drug-likeness (QED) is 0.877. The number of benzene rings is 1.